The van der Waals surface area contributed by atoms with E-state index >= 15 is 0 Å². The molecule has 59 valence electrons. The second-order valence-corrected chi connectivity index (χ2v) is 2.96. The molecule has 0 rings (SSSR count). The lowest BCUT2D eigenvalue weighted by molar-refractivity contribution is 0.0990. The zero-order chi connectivity index (χ0) is 8.20. The van der Waals surface area contributed by atoms with Crippen LogP contribution in [0.25, 0.3) is 0 Å². The van der Waals surface area contributed by atoms with Crippen molar-refractivity contribution in [1.29, 1.82) is 0 Å². The zero-order valence-electron chi connectivity index (χ0n) is 6.42. The van der Waals surface area contributed by atoms with Gasteiger partial charge in [-0.25, -0.2) is 0 Å². The molecule has 3 N–H and O–H groups in total. The molecule has 0 saturated heterocycles. The third kappa shape index (κ3) is 4.47. The van der Waals surface area contributed by atoms with Crippen LogP contribution < -0.4 is 5.73 Å². The van der Waals surface area contributed by atoms with Crippen LogP contribution in [0, 0.1) is 5.92 Å². The van der Waals surface area contributed by atoms with Gasteiger partial charge in [-0.05, 0) is 18.8 Å². The summed E-state index contributed by atoms with van der Waals surface area (Å²) in [5.41, 5.74) is 3.36. The van der Waals surface area contributed by atoms with Gasteiger partial charge in [0.15, 0.2) is 5.72 Å². The Kier molecular flexibility index (Phi) is 3.53. The van der Waals surface area contributed by atoms with Gasteiger partial charge in [-0.2, -0.15) is 0 Å². The van der Waals surface area contributed by atoms with Crippen molar-refractivity contribution in [1.82, 2.24) is 0 Å². The fraction of sp³-hybridized carbons (Fsp3) is 0.857. The Hall–Kier alpha value is -0.410. The molecule has 0 aromatic carbocycles. The summed E-state index contributed by atoms with van der Waals surface area (Å²) < 4.78 is 0. The highest BCUT2D eigenvalue weighted by Crippen LogP contribution is 2.09. The maximum atomic E-state index is 9.94. The van der Waals surface area contributed by atoms with Crippen molar-refractivity contribution in [3.05, 3.63) is 0 Å². The van der Waals surface area contributed by atoms with E-state index in [1.807, 2.05) is 13.8 Å². The maximum absolute atomic E-state index is 9.94. The average molecular weight is 144 g/mol. The second-order valence-electron chi connectivity index (χ2n) is 2.96. The van der Waals surface area contributed by atoms with Crippen LogP contribution in [-0.4, -0.2) is 17.1 Å². The second kappa shape index (κ2) is 3.68. The number of carbonyl (C=O) groups excluding carboxylic acids is 1. The van der Waals surface area contributed by atoms with Crippen molar-refractivity contribution in [3.63, 3.8) is 0 Å². The molecule has 0 aromatic rings. The molecule has 1 atom stereocenters. The Labute approximate surface area is 61.2 Å². The highest BCUT2D eigenvalue weighted by molar-refractivity contribution is 5.61. The minimum atomic E-state index is -1.73. The Balaban J connectivity index is 3.56. The predicted molar refractivity (Wildman–Crippen MR) is 38.9 cm³/mol. The van der Waals surface area contributed by atoms with Gasteiger partial charge in [-0.3, -0.25) is 10.5 Å². The summed E-state index contributed by atoms with van der Waals surface area (Å²) >= 11 is 0. The van der Waals surface area contributed by atoms with E-state index in [0.29, 0.717) is 5.92 Å². The predicted octanol–water partition coefficient (Wildman–Crippen LogP) is 0.180. The van der Waals surface area contributed by atoms with Crippen molar-refractivity contribution in [2.45, 2.75) is 32.4 Å². The fourth-order valence-corrected chi connectivity index (χ4v) is 0.560. The van der Waals surface area contributed by atoms with Crippen LogP contribution in [-0.2, 0) is 4.79 Å². The van der Waals surface area contributed by atoms with Crippen LogP contribution in [0.1, 0.15) is 26.7 Å². The topological polar surface area (TPSA) is 63.3 Å². The normalized spacial score (nSPS) is 16.9. The van der Waals surface area contributed by atoms with Crippen LogP contribution in [0.2, 0.25) is 0 Å². The molecule has 3 nitrogen and oxygen atoms in total. The molecule has 0 bridgehead atoms. The van der Waals surface area contributed by atoms with E-state index < -0.39 is 5.72 Å². The monoisotopic (exact) mass is 144 g/mol. The van der Waals surface area contributed by atoms with Crippen LogP contribution in [0.3, 0.4) is 0 Å². The van der Waals surface area contributed by atoms with Crippen molar-refractivity contribution in [2.75, 3.05) is 0 Å². The molecule has 3 heteroatoms. The smallest absolute Gasteiger partial charge is 0.249 e. The van der Waals surface area contributed by atoms with Crippen LogP contribution in [0.15, 0.2) is 0 Å². The van der Waals surface area contributed by atoms with Gasteiger partial charge in [-0.15, -0.1) is 0 Å². The standard InChI is InChI=1S/C7H14NO2/c1-6(2)3-4-7(8,10)5-9/h6,10H,3-4,8H2,1-2H3. The Morgan fingerprint density at radius 3 is 2.50 bits per heavy atom. The SMILES string of the molecule is CC(C)CCC(N)(O)[C]=O. The summed E-state index contributed by atoms with van der Waals surface area (Å²) in [7, 11) is 0. The molecule has 0 amide bonds. The van der Waals surface area contributed by atoms with Gasteiger partial charge in [0.2, 0.25) is 6.29 Å². The minimum absolute atomic E-state index is 0.286. The summed E-state index contributed by atoms with van der Waals surface area (Å²) in [5, 5.41) is 8.93. The molecule has 0 aromatic heterocycles. The number of nitrogens with two attached hydrogens (primary N) is 1. The summed E-state index contributed by atoms with van der Waals surface area (Å²) in [6, 6.07) is 0. The van der Waals surface area contributed by atoms with E-state index in [1.54, 1.807) is 0 Å². The van der Waals surface area contributed by atoms with E-state index in [1.165, 1.54) is 6.29 Å². The quantitative estimate of drug-likeness (QED) is 0.553. The van der Waals surface area contributed by atoms with Crippen LogP contribution >= 0.6 is 0 Å². The van der Waals surface area contributed by atoms with E-state index in [0.717, 1.165) is 6.42 Å². The first-order valence-corrected chi connectivity index (χ1v) is 3.38. The van der Waals surface area contributed by atoms with E-state index in [-0.39, 0.29) is 6.42 Å². The minimum Gasteiger partial charge on any atom is -0.369 e. The molecule has 0 heterocycles. The fourth-order valence-electron chi connectivity index (χ4n) is 0.560. The number of hydrogen-bond donors (Lipinski definition) is 2. The van der Waals surface area contributed by atoms with Gasteiger partial charge in [0, 0.05) is 0 Å². The average Bonchev–Trinajstić information content (AvgIpc) is 1.85. The highest BCUT2D eigenvalue weighted by Gasteiger charge is 2.20. The third-order valence-corrected chi connectivity index (χ3v) is 1.28. The summed E-state index contributed by atoms with van der Waals surface area (Å²) in [5.74, 6) is 0.448. The summed E-state index contributed by atoms with van der Waals surface area (Å²) in [6.45, 7) is 4.00. The number of hydrogen-bond acceptors (Lipinski definition) is 3. The largest absolute Gasteiger partial charge is 0.369 e. The molecule has 0 fully saturated rings. The molecule has 0 spiro atoms. The first-order chi connectivity index (χ1) is 4.48. The van der Waals surface area contributed by atoms with Gasteiger partial charge >= 0.3 is 0 Å². The lowest BCUT2D eigenvalue weighted by Crippen LogP contribution is -2.41. The Morgan fingerprint density at radius 2 is 2.20 bits per heavy atom. The van der Waals surface area contributed by atoms with Gasteiger partial charge in [0.05, 0.1) is 0 Å². The van der Waals surface area contributed by atoms with E-state index in [9.17, 15) is 4.79 Å². The summed E-state index contributed by atoms with van der Waals surface area (Å²) in [4.78, 5) is 9.94. The maximum Gasteiger partial charge on any atom is 0.249 e. The molecule has 1 unspecified atom stereocenters. The van der Waals surface area contributed by atoms with Crippen LogP contribution in [0.4, 0.5) is 0 Å². The number of rotatable bonds is 4. The molecular weight excluding hydrogens is 130 g/mol. The lowest BCUT2D eigenvalue weighted by atomic mass is 10.0. The molecular formula is C7H14NO2. The lowest BCUT2D eigenvalue weighted by Gasteiger charge is -2.15. The van der Waals surface area contributed by atoms with Gasteiger partial charge in [-0.1, -0.05) is 13.8 Å². The van der Waals surface area contributed by atoms with Gasteiger partial charge in [0.25, 0.3) is 0 Å². The molecule has 10 heavy (non-hydrogen) atoms. The van der Waals surface area contributed by atoms with Gasteiger partial charge in [0.1, 0.15) is 0 Å². The van der Waals surface area contributed by atoms with Crippen molar-refractivity contribution < 1.29 is 9.90 Å². The molecule has 0 aliphatic heterocycles. The first kappa shape index (κ1) is 9.59. The molecule has 0 aliphatic rings. The Bertz CT molecular complexity index is 110. The summed E-state index contributed by atoms with van der Waals surface area (Å²) in [6.07, 6.45) is 2.40. The van der Waals surface area contributed by atoms with E-state index in [4.69, 9.17) is 10.8 Å². The molecule has 0 aliphatic carbocycles. The third-order valence-electron chi connectivity index (χ3n) is 1.28. The highest BCUT2D eigenvalue weighted by atomic mass is 16.3. The van der Waals surface area contributed by atoms with Crippen molar-refractivity contribution in [3.8, 4) is 0 Å². The van der Waals surface area contributed by atoms with Gasteiger partial charge < -0.3 is 5.11 Å². The number of aliphatic hydroxyl groups is 1. The zero-order valence-corrected chi connectivity index (χ0v) is 6.42. The van der Waals surface area contributed by atoms with Crippen LogP contribution in [0.5, 0.6) is 0 Å². The first-order valence-electron chi connectivity index (χ1n) is 3.38. The Morgan fingerprint density at radius 1 is 1.70 bits per heavy atom. The van der Waals surface area contributed by atoms with Crippen molar-refractivity contribution >= 4 is 6.29 Å². The molecule has 0 saturated carbocycles. The van der Waals surface area contributed by atoms with Crippen molar-refractivity contribution in [2.24, 2.45) is 11.7 Å². The van der Waals surface area contributed by atoms with E-state index in [2.05, 4.69) is 0 Å². The molecule has 1 radical (unpaired) electrons.